The molecule has 0 heterocycles. The van der Waals surface area contributed by atoms with Crippen LogP contribution in [0.4, 0.5) is 0 Å². The van der Waals surface area contributed by atoms with Crippen LogP contribution in [0.5, 0.6) is 0 Å². The molecule has 0 atom stereocenters. The number of carbonyl (C=O) groups excluding carboxylic acids is 2. The van der Waals surface area contributed by atoms with Crippen molar-refractivity contribution in [3.8, 4) is 0 Å². The van der Waals surface area contributed by atoms with Crippen LogP contribution in [0.3, 0.4) is 0 Å². The predicted molar refractivity (Wildman–Crippen MR) is 47.1 cm³/mol. The third-order valence-corrected chi connectivity index (χ3v) is 1.39. The fourth-order valence-electron chi connectivity index (χ4n) is 0.737. The van der Waals surface area contributed by atoms with Gasteiger partial charge in [-0.15, -0.1) is 0 Å². The Hall–Kier alpha value is -1.85. The summed E-state index contributed by atoms with van der Waals surface area (Å²) in [6.07, 6.45) is 0. The maximum absolute atomic E-state index is 11.0. The van der Waals surface area contributed by atoms with E-state index in [1.165, 1.54) is 6.92 Å². The molecule has 0 saturated heterocycles. The van der Waals surface area contributed by atoms with Gasteiger partial charge in [-0.25, -0.2) is 9.59 Å². The summed E-state index contributed by atoms with van der Waals surface area (Å²) in [7, 11) is 2.15. The zero-order valence-corrected chi connectivity index (χ0v) is 8.08. The first-order valence-corrected chi connectivity index (χ1v) is 3.61. The summed E-state index contributed by atoms with van der Waals surface area (Å²) in [5, 5.41) is 16.3. The van der Waals surface area contributed by atoms with Crippen molar-refractivity contribution in [2.24, 2.45) is 0 Å². The molecule has 0 aliphatic rings. The number of methoxy groups -OCH3 is 2. The Balaban J connectivity index is 5.08. The summed E-state index contributed by atoms with van der Waals surface area (Å²) in [5.74, 6) is -2.44. The normalized spacial score (nSPS) is 11.4. The molecule has 0 bridgehead atoms. The lowest BCUT2D eigenvalue weighted by Crippen LogP contribution is -2.24. The molecule has 14 heavy (non-hydrogen) atoms. The lowest BCUT2D eigenvalue weighted by molar-refractivity contribution is -0.137. The monoisotopic (exact) mass is 201 g/mol. The van der Waals surface area contributed by atoms with Crippen molar-refractivity contribution in [3.63, 3.8) is 0 Å². The van der Waals surface area contributed by atoms with E-state index in [2.05, 4.69) is 9.47 Å². The van der Waals surface area contributed by atoms with E-state index in [0.717, 1.165) is 14.2 Å². The van der Waals surface area contributed by atoms with Crippen molar-refractivity contribution in [2.45, 2.75) is 6.92 Å². The summed E-state index contributed by atoms with van der Waals surface area (Å²) >= 11 is 0. The largest absolute Gasteiger partial charge is 0.512 e. The van der Waals surface area contributed by atoms with Crippen LogP contribution in [0.15, 0.2) is 11.3 Å². The molecule has 0 fully saturated rings. The summed E-state index contributed by atoms with van der Waals surface area (Å²) in [4.78, 5) is 21.9. The van der Waals surface area contributed by atoms with Gasteiger partial charge in [0.2, 0.25) is 0 Å². The van der Waals surface area contributed by atoms with E-state index in [0.29, 0.717) is 0 Å². The van der Waals surface area contributed by atoms with E-state index in [1.54, 1.807) is 0 Å². The van der Waals surface area contributed by atoms with E-state index >= 15 is 0 Å². The Morgan fingerprint density at radius 1 is 1.14 bits per heavy atom. The second-order valence-electron chi connectivity index (χ2n) is 2.32. The van der Waals surface area contributed by atoms with E-state index in [4.69, 9.17) is 10.5 Å². The molecular formula is C8H11NO5. The third kappa shape index (κ3) is 2.58. The van der Waals surface area contributed by atoms with Gasteiger partial charge in [0.25, 0.3) is 0 Å². The van der Waals surface area contributed by atoms with Gasteiger partial charge in [-0.05, 0) is 6.92 Å². The van der Waals surface area contributed by atoms with Crippen molar-refractivity contribution in [3.05, 3.63) is 11.3 Å². The molecular weight excluding hydrogens is 190 g/mol. The molecule has 78 valence electrons. The van der Waals surface area contributed by atoms with Gasteiger partial charge in [-0.1, -0.05) is 0 Å². The second kappa shape index (κ2) is 5.00. The number of hydrogen-bond acceptors (Lipinski definition) is 6. The van der Waals surface area contributed by atoms with Gasteiger partial charge in [0.1, 0.15) is 11.3 Å². The molecule has 0 aromatic carbocycles. The number of esters is 2. The van der Waals surface area contributed by atoms with Gasteiger partial charge < -0.3 is 14.6 Å². The topological polar surface area (TPSA) is 96.7 Å². The average molecular weight is 201 g/mol. The molecule has 0 aromatic rings. The first-order chi connectivity index (χ1) is 6.45. The highest BCUT2D eigenvalue weighted by Crippen LogP contribution is 2.06. The smallest absolute Gasteiger partial charge is 0.356 e. The minimum absolute atomic E-state index is 0.466. The van der Waals surface area contributed by atoms with E-state index in [-0.39, 0.29) is 0 Å². The average Bonchev–Trinajstić information content (AvgIpc) is 2.15. The standard InChI is InChI=1S/C8H11NO5/c1-4(10)5(7(11)13-2)6(9)8(12)14-3/h9-10H,1-3H3/b5-4-,9-6?. The number of carbonyl (C=O) groups is 2. The van der Waals surface area contributed by atoms with Crippen LogP contribution in [0.1, 0.15) is 6.92 Å². The van der Waals surface area contributed by atoms with E-state index < -0.39 is 29.0 Å². The fourth-order valence-corrected chi connectivity index (χ4v) is 0.737. The zero-order chi connectivity index (χ0) is 11.3. The van der Waals surface area contributed by atoms with E-state index in [9.17, 15) is 9.59 Å². The lowest BCUT2D eigenvalue weighted by Gasteiger charge is -2.05. The third-order valence-electron chi connectivity index (χ3n) is 1.39. The van der Waals surface area contributed by atoms with Gasteiger partial charge in [0, 0.05) is 0 Å². The van der Waals surface area contributed by atoms with Crippen molar-refractivity contribution in [1.29, 1.82) is 5.41 Å². The van der Waals surface area contributed by atoms with Crippen molar-refractivity contribution < 1.29 is 24.2 Å². The minimum Gasteiger partial charge on any atom is -0.512 e. The second-order valence-corrected chi connectivity index (χ2v) is 2.32. The Bertz CT molecular complexity index is 301. The SMILES string of the molecule is COC(=O)C(=N)/C(C(=O)OC)=C(\C)O. The number of ether oxygens (including phenoxy) is 2. The first-order valence-electron chi connectivity index (χ1n) is 3.61. The highest BCUT2D eigenvalue weighted by Gasteiger charge is 2.25. The Morgan fingerprint density at radius 3 is 1.86 bits per heavy atom. The molecule has 0 radical (unpaired) electrons. The van der Waals surface area contributed by atoms with Crippen LogP contribution in [-0.2, 0) is 19.1 Å². The van der Waals surface area contributed by atoms with Crippen LogP contribution < -0.4 is 0 Å². The molecule has 2 N–H and O–H groups in total. The molecule has 0 aromatic heterocycles. The number of nitrogens with one attached hydrogen (secondary N) is 1. The first kappa shape index (κ1) is 12.2. The molecule has 6 nitrogen and oxygen atoms in total. The molecule has 0 spiro atoms. The highest BCUT2D eigenvalue weighted by atomic mass is 16.5. The number of aliphatic hydroxyl groups is 1. The fraction of sp³-hybridized carbons (Fsp3) is 0.375. The number of allylic oxidation sites excluding steroid dienone is 1. The van der Waals surface area contributed by atoms with Crippen LogP contribution in [0.25, 0.3) is 0 Å². The van der Waals surface area contributed by atoms with Gasteiger partial charge in [0.15, 0.2) is 5.71 Å². The predicted octanol–water partition coefficient (Wildman–Crippen LogP) is 0.184. The number of aliphatic hydroxyl groups excluding tert-OH is 1. The molecule has 6 heteroatoms. The van der Waals surface area contributed by atoms with E-state index in [1.807, 2.05) is 0 Å². The van der Waals surface area contributed by atoms with Gasteiger partial charge in [0.05, 0.1) is 14.2 Å². The van der Waals surface area contributed by atoms with Crippen LogP contribution in [-0.4, -0.2) is 37.0 Å². The van der Waals surface area contributed by atoms with Crippen LogP contribution in [0, 0.1) is 5.41 Å². The Kier molecular flexibility index (Phi) is 4.34. The van der Waals surface area contributed by atoms with Gasteiger partial charge >= 0.3 is 11.9 Å². The lowest BCUT2D eigenvalue weighted by atomic mass is 10.1. The summed E-state index contributed by atoms with van der Waals surface area (Å²) in [6.45, 7) is 1.17. The van der Waals surface area contributed by atoms with Gasteiger partial charge in [-0.3, -0.25) is 5.41 Å². The molecule has 0 unspecified atom stereocenters. The number of rotatable bonds is 3. The van der Waals surface area contributed by atoms with Crippen molar-refractivity contribution in [2.75, 3.05) is 14.2 Å². The van der Waals surface area contributed by atoms with Crippen LogP contribution >= 0.6 is 0 Å². The minimum atomic E-state index is -1.01. The quantitative estimate of drug-likeness (QED) is 0.294. The number of hydrogen-bond donors (Lipinski definition) is 2. The molecule has 0 saturated carbocycles. The van der Waals surface area contributed by atoms with Crippen LogP contribution in [0.2, 0.25) is 0 Å². The van der Waals surface area contributed by atoms with Gasteiger partial charge in [-0.2, -0.15) is 0 Å². The summed E-state index contributed by atoms with van der Waals surface area (Å²) in [6, 6.07) is 0. The van der Waals surface area contributed by atoms with Crippen molar-refractivity contribution in [1.82, 2.24) is 0 Å². The van der Waals surface area contributed by atoms with Crippen molar-refractivity contribution >= 4 is 17.7 Å². The molecule has 0 amide bonds. The molecule has 0 aliphatic carbocycles. The highest BCUT2D eigenvalue weighted by molar-refractivity contribution is 6.47. The maximum Gasteiger partial charge on any atom is 0.356 e. The Morgan fingerprint density at radius 2 is 1.57 bits per heavy atom. The molecule has 0 aliphatic heterocycles. The summed E-state index contributed by atoms with van der Waals surface area (Å²) < 4.78 is 8.51. The summed E-state index contributed by atoms with van der Waals surface area (Å²) in [5.41, 5.74) is -1.24. The Labute approximate surface area is 80.6 Å². The maximum atomic E-state index is 11.0. The molecule has 0 rings (SSSR count). The zero-order valence-electron chi connectivity index (χ0n) is 8.08.